The summed E-state index contributed by atoms with van der Waals surface area (Å²) in [5.41, 5.74) is 2.42. The molecule has 1 aliphatic rings. The average Bonchev–Trinajstić information content (AvgIpc) is 2.27. The molecule has 0 fully saturated rings. The maximum Gasteiger partial charge on any atom is 0.224 e. The first-order valence-electron chi connectivity index (χ1n) is 5.61. The van der Waals surface area contributed by atoms with Crippen LogP contribution in [0.5, 0.6) is 0 Å². The Labute approximate surface area is 90.9 Å². The fourth-order valence-corrected chi connectivity index (χ4v) is 2.42. The molecule has 1 unspecified atom stereocenters. The Hall–Kier alpha value is -1.31. The third kappa shape index (κ3) is 1.76. The minimum absolute atomic E-state index is 0.161. The van der Waals surface area contributed by atoms with Gasteiger partial charge in [0, 0.05) is 18.7 Å². The SMILES string of the molecule is CCC1CCc2ccccc2N1C(C)=O. The largest absolute Gasteiger partial charge is 0.309 e. The van der Waals surface area contributed by atoms with Gasteiger partial charge in [0.25, 0.3) is 0 Å². The van der Waals surface area contributed by atoms with Crippen molar-refractivity contribution in [2.45, 2.75) is 39.2 Å². The fourth-order valence-electron chi connectivity index (χ4n) is 2.42. The minimum atomic E-state index is 0.161. The van der Waals surface area contributed by atoms with Gasteiger partial charge in [-0.05, 0) is 30.9 Å². The van der Waals surface area contributed by atoms with Crippen LogP contribution in [0.1, 0.15) is 32.3 Å². The van der Waals surface area contributed by atoms with Gasteiger partial charge in [-0.3, -0.25) is 4.79 Å². The maximum atomic E-state index is 11.7. The summed E-state index contributed by atoms with van der Waals surface area (Å²) in [5.74, 6) is 0.161. The summed E-state index contributed by atoms with van der Waals surface area (Å²) in [6.07, 6.45) is 3.22. The third-order valence-corrected chi connectivity index (χ3v) is 3.17. The zero-order chi connectivity index (χ0) is 10.8. The summed E-state index contributed by atoms with van der Waals surface area (Å²) >= 11 is 0. The highest BCUT2D eigenvalue weighted by Gasteiger charge is 2.27. The van der Waals surface area contributed by atoms with Gasteiger partial charge < -0.3 is 4.90 Å². The van der Waals surface area contributed by atoms with Gasteiger partial charge in [-0.1, -0.05) is 25.1 Å². The van der Waals surface area contributed by atoms with Crippen LogP contribution in [-0.4, -0.2) is 11.9 Å². The molecule has 0 radical (unpaired) electrons. The van der Waals surface area contributed by atoms with Crippen LogP contribution in [0.2, 0.25) is 0 Å². The Kier molecular flexibility index (Phi) is 2.76. The lowest BCUT2D eigenvalue weighted by molar-refractivity contribution is -0.117. The third-order valence-electron chi connectivity index (χ3n) is 3.17. The molecule has 0 spiro atoms. The number of nitrogens with zero attached hydrogens (tertiary/aromatic N) is 1. The highest BCUT2D eigenvalue weighted by Crippen LogP contribution is 2.31. The molecule has 1 aromatic carbocycles. The zero-order valence-electron chi connectivity index (χ0n) is 9.36. The first-order valence-corrected chi connectivity index (χ1v) is 5.61. The van der Waals surface area contributed by atoms with Gasteiger partial charge in [0.2, 0.25) is 5.91 Å². The van der Waals surface area contributed by atoms with Crippen LogP contribution >= 0.6 is 0 Å². The van der Waals surface area contributed by atoms with Gasteiger partial charge in [0.1, 0.15) is 0 Å². The molecule has 2 heteroatoms. The lowest BCUT2D eigenvalue weighted by Crippen LogP contribution is -2.42. The summed E-state index contributed by atoms with van der Waals surface area (Å²) in [7, 11) is 0. The molecule has 1 amide bonds. The van der Waals surface area contributed by atoms with Crippen molar-refractivity contribution >= 4 is 11.6 Å². The van der Waals surface area contributed by atoms with Crippen LogP contribution < -0.4 is 4.90 Å². The topological polar surface area (TPSA) is 20.3 Å². The molecule has 1 heterocycles. The maximum absolute atomic E-state index is 11.7. The van der Waals surface area contributed by atoms with E-state index < -0.39 is 0 Å². The molecular formula is C13H17NO. The van der Waals surface area contributed by atoms with E-state index in [0.717, 1.165) is 24.9 Å². The average molecular weight is 203 g/mol. The van der Waals surface area contributed by atoms with E-state index in [2.05, 4.69) is 19.1 Å². The van der Waals surface area contributed by atoms with Crippen LogP contribution in [0.15, 0.2) is 24.3 Å². The van der Waals surface area contributed by atoms with E-state index in [1.807, 2.05) is 17.0 Å². The van der Waals surface area contributed by atoms with Gasteiger partial charge in [-0.15, -0.1) is 0 Å². The molecule has 1 aliphatic heterocycles. The number of hydrogen-bond donors (Lipinski definition) is 0. The number of rotatable bonds is 1. The van der Waals surface area contributed by atoms with Crippen LogP contribution in [0, 0.1) is 0 Å². The number of carbonyl (C=O) groups is 1. The normalized spacial score (nSPS) is 19.9. The summed E-state index contributed by atoms with van der Waals surface area (Å²) in [6, 6.07) is 8.61. The summed E-state index contributed by atoms with van der Waals surface area (Å²) < 4.78 is 0. The lowest BCUT2D eigenvalue weighted by Gasteiger charge is -2.36. The first kappa shape index (κ1) is 10.2. The van der Waals surface area contributed by atoms with Crippen molar-refractivity contribution in [1.29, 1.82) is 0 Å². The molecule has 1 atom stereocenters. The van der Waals surface area contributed by atoms with Crippen LogP contribution in [0.3, 0.4) is 0 Å². The Morgan fingerprint density at radius 1 is 1.47 bits per heavy atom. The first-order chi connectivity index (χ1) is 7.24. The summed E-state index contributed by atoms with van der Waals surface area (Å²) in [4.78, 5) is 13.6. The molecule has 2 rings (SSSR count). The monoisotopic (exact) mass is 203 g/mol. The number of anilines is 1. The van der Waals surface area contributed by atoms with E-state index >= 15 is 0 Å². The van der Waals surface area contributed by atoms with Gasteiger partial charge in [-0.25, -0.2) is 0 Å². The van der Waals surface area contributed by atoms with E-state index in [4.69, 9.17) is 0 Å². The van der Waals surface area contributed by atoms with Gasteiger partial charge in [0.15, 0.2) is 0 Å². The summed E-state index contributed by atoms with van der Waals surface area (Å²) in [5, 5.41) is 0. The standard InChI is InChI=1S/C13H17NO/c1-3-12-9-8-11-6-4-5-7-13(11)14(12)10(2)15/h4-7,12H,3,8-9H2,1-2H3. The van der Waals surface area contributed by atoms with Crippen molar-refractivity contribution in [2.75, 3.05) is 4.90 Å². The molecule has 1 aromatic rings. The number of amides is 1. The van der Waals surface area contributed by atoms with Gasteiger partial charge in [0.05, 0.1) is 0 Å². The smallest absolute Gasteiger partial charge is 0.224 e. The quantitative estimate of drug-likeness (QED) is 0.687. The van der Waals surface area contributed by atoms with Crippen LogP contribution in [0.25, 0.3) is 0 Å². The number of para-hydroxylation sites is 1. The minimum Gasteiger partial charge on any atom is -0.309 e. The molecule has 0 saturated heterocycles. The highest BCUT2D eigenvalue weighted by atomic mass is 16.2. The molecule has 0 bridgehead atoms. The predicted molar refractivity (Wildman–Crippen MR) is 62.0 cm³/mol. The Morgan fingerprint density at radius 3 is 2.87 bits per heavy atom. The number of aryl methyl sites for hydroxylation is 1. The molecule has 0 aromatic heterocycles. The second-order valence-corrected chi connectivity index (χ2v) is 4.12. The van der Waals surface area contributed by atoms with Gasteiger partial charge >= 0.3 is 0 Å². The Balaban J connectivity index is 2.43. The van der Waals surface area contributed by atoms with Crippen molar-refractivity contribution < 1.29 is 4.79 Å². The molecule has 2 nitrogen and oxygen atoms in total. The van der Waals surface area contributed by atoms with Crippen LogP contribution in [-0.2, 0) is 11.2 Å². The Morgan fingerprint density at radius 2 is 2.20 bits per heavy atom. The van der Waals surface area contributed by atoms with Crippen molar-refractivity contribution in [2.24, 2.45) is 0 Å². The number of carbonyl (C=O) groups excluding carboxylic acids is 1. The number of fused-ring (bicyclic) bond motifs is 1. The summed E-state index contributed by atoms with van der Waals surface area (Å²) in [6.45, 7) is 3.80. The lowest BCUT2D eigenvalue weighted by atomic mass is 9.94. The molecule has 0 aliphatic carbocycles. The molecule has 0 saturated carbocycles. The van der Waals surface area contributed by atoms with Crippen molar-refractivity contribution in [3.05, 3.63) is 29.8 Å². The predicted octanol–water partition coefficient (Wildman–Crippen LogP) is 2.76. The van der Waals surface area contributed by atoms with Gasteiger partial charge in [-0.2, -0.15) is 0 Å². The second-order valence-electron chi connectivity index (χ2n) is 4.12. The van der Waals surface area contributed by atoms with E-state index in [1.165, 1.54) is 5.56 Å². The fraction of sp³-hybridized carbons (Fsp3) is 0.462. The number of benzene rings is 1. The van der Waals surface area contributed by atoms with E-state index in [-0.39, 0.29) is 5.91 Å². The van der Waals surface area contributed by atoms with E-state index in [1.54, 1.807) is 6.92 Å². The number of hydrogen-bond acceptors (Lipinski definition) is 1. The molecular weight excluding hydrogens is 186 g/mol. The van der Waals surface area contributed by atoms with Crippen molar-refractivity contribution in [3.63, 3.8) is 0 Å². The molecule has 80 valence electrons. The second kappa shape index (κ2) is 4.05. The molecule has 0 N–H and O–H groups in total. The van der Waals surface area contributed by atoms with Crippen molar-refractivity contribution in [3.8, 4) is 0 Å². The van der Waals surface area contributed by atoms with E-state index in [0.29, 0.717) is 6.04 Å². The van der Waals surface area contributed by atoms with Crippen LogP contribution in [0.4, 0.5) is 5.69 Å². The highest BCUT2D eigenvalue weighted by molar-refractivity contribution is 5.93. The zero-order valence-corrected chi connectivity index (χ0v) is 9.36. The molecule has 15 heavy (non-hydrogen) atoms. The van der Waals surface area contributed by atoms with E-state index in [9.17, 15) is 4.79 Å². The van der Waals surface area contributed by atoms with Crippen molar-refractivity contribution in [1.82, 2.24) is 0 Å². The Bertz CT molecular complexity index is 373.